The van der Waals surface area contributed by atoms with Crippen molar-refractivity contribution >= 4 is 17.6 Å². The summed E-state index contributed by atoms with van der Waals surface area (Å²) in [5.74, 6) is -0.561. The van der Waals surface area contributed by atoms with Gasteiger partial charge in [-0.15, -0.1) is 0 Å². The molecule has 1 rings (SSSR count). The summed E-state index contributed by atoms with van der Waals surface area (Å²) in [6.07, 6.45) is 2.31. The van der Waals surface area contributed by atoms with E-state index in [4.69, 9.17) is 21.1 Å². The van der Waals surface area contributed by atoms with Crippen molar-refractivity contribution < 1.29 is 14.3 Å². The summed E-state index contributed by atoms with van der Waals surface area (Å²) in [7, 11) is 1.53. The number of ether oxygens (including phenoxy) is 2. The molecule has 6 heteroatoms. The maximum absolute atomic E-state index is 11.4. The quantitative estimate of drug-likeness (QED) is 0.730. The maximum atomic E-state index is 11.4. The normalized spacial score (nSPS) is 12.2. The first-order chi connectivity index (χ1) is 7.13. The van der Waals surface area contributed by atoms with E-state index in [1.165, 1.54) is 19.5 Å². The van der Waals surface area contributed by atoms with Crippen LogP contribution in [0.25, 0.3) is 0 Å². The van der Waals surface area contributed by atoms with Gasteiger partial charge in [0.1, 0.15) is 11.3 Å². The molecule has 1 unspecified atom stereocenters. The van der Waals surface area contributed by atoms with Crippen LogP contribution in [0.5, 0.6) is 0 Å². The van der Waals surface area contributed by atoms with Crippen LogP contribution in [0.2, 0.25) is 5.15 Å². The van der Waals surface area contributed by atoms with Crippen molar-refractivity contribution in [1.82, 2.24) is 9.97 Å². The number of hydrogen-bond acceptors (Lipinski definition) is 5. The van der Waals surface area contributed by atoms with E-state index in [9.17, 15) is 4.79 Å². The number of halogens is 1. The lowest BCUT2D eigenvalue weighted by Crippen LogP contribution is -2.20. The molecule has 0 aliphatic heterocycles. The lowest BCUT2D eigenvalue weighted by molar-refractivity contribution is 0.0114. The summed E-state index contributed by atoms with van der Waals surface area (Å²) in [6.45, 7) is 2.05. The third-order valence-electron chi connectivity index (χ3n) is 1.52. The molecule has 0 radical (unpaired) electrons. The molecule has 0 aromatic carbocycles. The molecule has 1 heterocycles. The number of carbonyl (C=O) groups excluding carboxylic acids is 1. The second-order valence-corrected chi connectivity index (χ2v) is 3.29. The fourth-order valence-corrected chi connectivity index (χ4v) is 1.10. The molecule has 0 saturated carbocycles. The highest BCUT2D eigenvalue weighted by Crippen LogP contribution is 2.05. The van der Waals surface area contributed by atoms with Crippen LogP contribution in [-0.2, 0) is 9.47 Å². The number of rotatable bonds is 4. The van der Waals surface area contributed by atoms with Crippen molar-refractivity contribution in [3.8, 4) is 0 Å². The van der Waals surface area contributed by atoms with Gasteiger partial charge in [-0.25, -0.2) is 9.78 Å². The van der Waals surface area contributed by atoms with Crippen LogP contribution in [-0.4, -0.2) is 35.8 Å². The SMILES string of the molecule is COCC(C)OC(=O)c1cncc(Cl)n1. The van der Waals surface area contributed by atoms with Crippen molar-refractivity contribution in [3.05, 3.63) is 23.2 Å². The highest BCUT2D eigenvalue weighted by molar-refractivity contribution is 6.29. The van der Waals surface area contributed by atoms with Crippen LogP contribution in [0.4, 0.5) is 0 Å². The molecule has 0 fully saturated rings. The molecule has 82 valence electrons. The van der Waals surface area contributed by atoms with E-state index >= 15 is 0 Å². The molecule has 0 saturated heterocycles. The monoisotopic (exact) mass is 230 g/mol. The van der Waals surface area contributed by atoms with Crippen molar-refractivity contribution in [2.75, 3.05) is 13.7 Å². The zero-order chi connectivity index (χ0) is 11.3. The molecule has 0 bridgehead atoms. The minimum Gasteiger partial charge on any atom is -0.455 e. The predicted molar refractivity (Wildman–Crippen MR) is 53.8 cm³/mol. The average Bonchev–Trinajstić information content (AvgIpc) is 2.18. The molecule has 0 aliphatic rings. The second kappa shape index (κ2) is 5.63. The summed E-state index contributed by atoms with van der Waals surface area (Å²) in [5, 5.41) is 0.156. The van der Waals surface area contributed by atoms with Crippen LogP contribution in [0.15, 0.2) is 12.4 Å². The third kappa shape index (κ3) is 3.81. The fourth-order valence-electron chi connectivity index (χ4n) is 0.952. The van der Waals surface area contributed by atoms with E-state index in [-0.39, 0.29) is 17.0 Å². The maximum Gasteiger partial charge on any atom is 0.358 e. The first kappa shape index (κ1) is 11.9. The molecule has 1 atom stereocenters. The lowest BCUT2D eigenvalue weighted by Gasteiger charge is -2.11. The van der Waals surface area contributed by atoms with Crippen LogP contribution >= 0.6 is 11.6 Å². The topological polar surface area (TPSA) is 61.3 Å². The Kier molecular flexibility index (Phi) is 4.45. The Hall–Kier alpha value is -1.20. The first-order valence-electron chi connectivity index (χ1n) is 4.31. The summed E-state index contributed by atoms with van der Waals surface area (Å²) < 4.78 is 9.83. The number of methoxy groups -OCH3 is 1. The Morgan fingerprint density at radius 3 is 2.93 bits per heavy atom. The Labute approximate surface area is 92.4 Å². The second-order valence-electron chi connectivity index (χ2n) is 2.90. The average molecular weight is 231 g/mol. The zero-order valence-corrected chi connectivity index (χ0v) is 9.19. The number of esters is 1. The van der Waals surface area contributed by atoms with Gasteiger partial charge in [0.05, 0.1) is 19.0 Å². The molecule has 0 amide bonds. The Bertz CT molecular complexity index is 346. The van der Waals surface area contributed by atoms with E-state index in [0.717, 1.165) is 0 Å². The van der Waals surface area contributed by atoms with Gasteiger partial charge in [0, 0.05) is 7.11 Å². The van der Waals surface area contributed by atoms with Gasteiger partial charge in [0.15, 0.2) is 5.69 Å². The van der Waals surface area contributed by atoms with E-state index in [0.29, 0.717) is 6.61 Å². The Morgan fingerprint density at radius 2 is 2.33 bits per heavy atom. The molecule has 0 spiro atoms. The van der Waals surface area contributed by atoms with Crippen LogP contribution < -0.4 is 0 Å². The minimum atomic E-state index is -0.561. The largest absolute Gasteiger partial charge is 0.455 e. The van der Waals surface area contributed by atoms with Gasteiger partial charge in [-0.1, -0.05) is 11.6 Å². The third-order valence-corrected chi connectivity index (χ3v) is 1.71. The number of aromatic nitrogens is 2. The van der Waals surface area contributed by atoms with E-state index in [1.54, 1.807) is 6.92 Å². The van der Waals surface area contributed by atoms with Gasteiger partial charge >= 0.3 is 5.97 Å². The lowest BCUT2D eigenvalue weighted by atomic mass is 10.4. The van der Waals surface area contributed by atoms with Gasteiger partial charge in [0.25, 0.3) is 0 Å². The van der Waals surface area contributed by atoms with Gasteiger partial charge < -0.3 is 9.47 Å². The summed E-state index contributed by atoms with van der Waals surface area (Å²) in [4.78, 5) is 18.9. The van der Waals surface area contributed by atoms with Crippen molar-refractivity contribution in [3.63, 3.8) is 0 Å². The smallest absolute Gasteiger partial charge is 0.358 e. The summed E-state index contributed by atoms with van der Waals surface area (Å²) >= 11 is 5.58. The first-order valence-corrected chi connectivity index (χ1v) is 4.68. The van der Waals surface area contributed by atoms with Crippen LogP contribution in [0.1, 0.15) is 17.4 Å². The van der Waals surface area contributed by atoms with Crippen molar-refractivity contribution in [2.45, 2.75) is 13.0 Å². The highest BCUT2D eigenvalue weighted by atomic mass is 35.5. The number of hydrogen-bond donors (Lipinski definition) is 0. The van der Waals surface area contributed by atoms with Crippen molar-refractivity contribution in [1.29, 1.82) is 0 Å². The molecule has 15 heavy (non-hydrogen) atoms. The molecule has 0 aliphatic carbocycles. The number of nitrogens with zero attached hydrogens (tertiary/aromatic N) is 2. The summed E-state index contributed by atoms with van der Waals surface area (Å²) in [5.41, 5.74) is 0.0884. The van der Waals surface area contributed by atoms with Crippen LogP contribution in [0, 0.1) is 0 Å². The van der Waals surface area contributed by atoms with E-state index in [1.807, 2.05) is 0 Å². The number of carbonyl (C=O) groups is 1. The molecule has 5 nitrogen and oxygen atoms in total. The summed E-state index contributed by atoms with van der Waals surface area (Å²) in [6, 6.07) is 0. The molecule has 1 aromatic rings. The predicted octanol–water partition coefficient (Wildman–Crippen LogP) is 1.32. The zero-order valence-electron chi connectivity index (χ0n) is 8.44. The Balaban J connectivity index is 2.61. The minimum absolute atomic E-state index is 0.0884. The molecule has 0 N–H and O–H groups in total. The van der Waals surface area contributed by atoms with Gasteiger partial charge in [0.2, 0.25) is 0 Å². The van der Waals surface area contributed by atoms with Gasteiger partial charge in [-0.2, -0.15) is 0 Å². The van der Waals surface area contributed by atoms with Gasteiger partial charge in [-0.3, -0.25) is 4.98 Å². The molecular weight excluding hydrogens is 220 g/mol. The van der Waals surface area contributed by atoms with Crippen molar-refractivity contribution in [2.24, 2.45) is 0 Å². The fraction of sp³-hybridized carbons (Fsp3) is 0.444. The molecular formula is C9H11ClN2O3. The van der Waals surface area contributed by atoms with Crippen LogP contribution in [0.3, 0.4) is 0 Å². The van der Waals surface area contributed by atoms with E-state index in [2.05, 4.69) is 9.97 Å². The molecule has 1 aromatic heterocycles. The Morgan fingerprint density at radius 1 is 1.60 bits per heavy atom. The highest BCUT2D eigenvalue weighted by Gasteiger charge is 2.13. The van der Waals surface area contributed by atoms with E-state index < -0.39 is 5.97 Å². The standard InChI is InChI=1S/C9H11ClN2O3/c1-6(5-14-2)15-9(13)7-3-11-4-8(10)12-7/h3-4,6H,5H2,1-2H3. The van der Waals surface area contributed by atoms with Gasteiger partial charge in [-0.05, 0) is 6.92 Å².